The minimum Gasteiger partial charge on any atom is -0.309 e. The van der Waals surface area contributed by atoms with E-state index in [0.717, 1.165) is 33.9 Å². The summed E-state index contributed by atoms with van der Waals surface area (Å²) < 4.78 is 2.39. The largest absolute Gasteiger partial charge is 0.309 e. The number of hydrogen-bond donors (Lipinski definition) is 0. The molecule has 2 nitrogen and oxygen atoms in total. The SMILES string of the molecule is c1ccc(-c2ccc(N(c3ccccc3-c3ccccc3)c3ccccc3-c3cccc(-c4cccc5c4c4ccccc4n5-c4ccccc4)c3)cc2)cc1. The van der Waals surface area contributed by atoms with Crippen molar-refractivity contribution < 1.29 is 0 Å². The molecule has 0 atom stereocenters. The lowest BCUT2D eigenvalue weighted by Gasteiger charge is -2.30. The van der Waals surface area contributed by atoms with Gasteiger partial charge >= 0.3 is 0 Å². The number of hydrogen-bond acceptors (Lipinski definition) is 1. The standard InChI is InChI=1S/C54H38N2/c1-4-18-39(19-5-1)40-34-36-45(37-35-40)55(50-30-13-10-26-46(50)41-20-6-2-7-21-41)51-31-14-11-27-47(51)42-22-16-23-43(38-42)48-29-17-33-53-54(48)49-28-12-15-32-52(49)56(53)44-24-8-3-9-25-44/h1-38H. The van der Waals surface area contributed by atoms with Crippen LogP contribution in [-0.4, -0.2) is 4.57 Å². The number of para-hydroxylation sites is 4. The predicted octanol–water partition coefficient (Wildman–Crippen LogP) is 14.9. The average molecular weight is 715 g/mol. The zero-order valence-corrected chi connectivity index (χ0v) is 30.8. The van der Waals surface area contributed by atoms with Crippen LogP contribution in [0.2, 0.25) is 0 Å². The maximum absolute atomic E-state index is 2.42. The zero-order valence-electron chi connectivity index (χ0n) is 30.8. The van der Waals surface area contributed by atoms with E-state index in [9.17, 15) is 0 Å². The maximum atomic E-state index is 2.42. The summed E-state index contributed by atoms with van der Waals surface area (Å²) in [6.07, 6.45) is 0. The fraction of sp³-hybridized carbons (Fsp3) is 0. The van der Waals surface area contributed by atoms with Crippen LogP contribution in [0.15, 0.2) is 231 Å². The molecule has 0 saturated carbocycles. The number of rotatable bonds is 8. The van der Waals surface area contributed by atoms with Crippen molar-refractivity contribution >= 4 is 38.9 Å². The molecule has 0 fully saturated rings. The van der Waals surface area contributed by atoms with Gasteiger partial charge in [-0.2, -0.15) is 0 Å². The Bertz CT molecular complexity index is 2940. The van der Waals surface area contributed by atoms with Gasteiger partial charge in [-0.15, -0.1) is 0 Å². The van der Waals surface area contributed by atoms with Crippen LogP contribution in [0.5, 0.6) is 0 Å². The molecule has 0 aliphatic carbocycles. The summed E-state index contributed by atoms with van der Waals surface area (Å²) in [5.41, 5.74) is 16.3. The van der Waals surface area contributed by atoms with E-state index in [1.165, 1.54) is 55.2 Å². The van der Waals surface area contributed by atoms with Crippen LogP contribution in [0.4, 0.5) is 17.1 Å². The molecule has 10 rings (SSSR count). The second kappa shape index (κ2) is 14.4. The van der Waals surface area contributed by atoms with Gasteiger partial charge in [0.25, 0.3) is 0 Å². The number of fused-ring (bicyclic) bond motifs is 3. The molecule has 0 bridgehead atoms. The van der Waals surface area contributed by atoms with Gasteiger partial charge in [-0.25, -0.2) is 0 Å². The van der Waals surface area contributed by atoms with Crippen LogP contribution in [0.25, 0.3) is 72.0 Å². The number of anilines is 3. The molecule has 0 N–H and O–H groups in total. The van der Waals surface area contributed by atoms with Gasteiger partial charge < -0.3 is 9.47 Å². The lowest BCUT2D eigenvalue weighted by Crippen LogP contribution is -2.12. The van der Waals surface area contributed by atoms with Crippen LogP contribution in [0.1, 0.15) is 0 Å². The molecule has 0 spiro atoms. The highest BCUT2D eigenvalue weighted by Crippen LogP contribution is 2.46. The summed E-state index contributed by atoms with van der Waals surface area (Å²) in [7, 11) is 0. The summed E-state index contributed by atoms with van der Waals surface area (Å²) >= 11 is 0. The highest BCUT2D eigenvalue weighted by molar-refractivity contribution is 6.16. The van der Waals surface area contributed by atoms with Crippen molar-refractivity contribution in [2.45, 2.75) is 0 Å². The van der Waals surface area contributed by atoms with Crippen molar-refractivity contribution in [3.63, 3.8) is 0 Å². The van der Waals surface area contributed by atoms with E-state index >= 15 is 0 Å². The Morgan fingerprint density at radius 3 is 1.46 bits per heavy atom. The van der Waals surface area contributed by atoms with Gasteiger partial charge in [-0.05, 0) is 88.0 Å². The third kappa shape index (κ3) is 5.95. The molecule has 264 valence electrons. The molecule has 0 amide bonds. The zero-order chi connectivity index (χ0) is 37.3. The van der Waals surface area contributed by atoms with Crippen LogP contribution in [0, 0.1) is 0 Å². The molecule has 0 saturated heterocycles. The molecule has 1 heterocycles. The highest BCUT2D eigenvalue weighted by Gasteiger charge is 2.21. The Morgan fingerprint density at radius 1 is 0.304 bits per heavy atom. The van der Waals surface area contributed by atoms with Crippen molar-refractivity contribution in [1.29, 1.82) is 0 Å². The van der Waals surface area contributed by atoms with E-state index in [1.54, 1.807) is 0 Å². The number of benzene rings is 9. The van der Waals surface area contributed by atoms with Crippen LogP contribution in [-0.2, 0) is 0 Å². The molecule has 0 unspecified atom stereocenters. The molecule has 0 aliphatic heterocycles. The van der Waals surface area contributed by atoms with Gasteiger partial charge in [0.1, 0.15) is 0 Å². The predicted molar refractivity (Wildman–Crippen MR) is 237 cm³/mol. The number of nitrogens with zero attached hydrogens (tertiary/aromatic N) is 2. The molecule has 56 heavy (non-hydrogen) atoms. The van der Waals surface area contributed by atoms with E-state index in [2.05, 4.69) is 240 Å². The summed E-state index contributed by atoms with van der Waals surface area (Å²) in [5.74, 6) is 0. The van der Waals surface area contributed by atoms with Crippen molar-refractivity contribution in [1.82, 2.24) is 4.57 Å². The fourth-order valence-corrected chi connectivity index (χ4v) is 8.25. The normalized spacial score (nSPS) is 11.2. The van der Waals surface area contributed by atoms with E-state index in [1.807, 2.05) is 0 Å². The first kappa shape index (κ1) is 33.2. The lowest BCUT2D eigenvalue weighted by atomic mass is 9.94. The third-order valence-corrected chi connectivity index (χ3v) is 10.8. The van der Waals surface area contributed by atoms with Crippen LogP contribution < -0.4 is 4.90 Å². The molecule has 9 aromatic carbocycles. The topological polar surface area (TPSA) is 8.17 Å². The van der Waals surface area contributed by atoms with E-state index in [0.29, 0.717) is 0 Å². The second-order valence-corrected chi connectivity index (χ2v) is 14.1. The molecular weight excluding hydrogens is 677 g/mol. The minimum atomic E-state index is 1.09. The molecule has 1 aromatic heterocycles. The minimum absolute atomic E-state index is 1.09. The lowest BCUT2D eigenvalue weighted by molar-refractivity contribution is 1.18. The van der Waals surface area contributed by atoms with Crippen molar-refractivity contribution in [2.75, 3.05) is 4.90 Å². The molecule has 0 radical (unpaired) electrons. The van der Waals surface area contributed by atoms with Gasteiger partial charge in [-0.1, -0.05) is 176 Å². The summed E-state index contributed by atoms with van der Waals surface area (Å²) in [6, 6.07) is 83.0. The molecule has 10 aromatic rings. The first-order chi connectivity index (χ1) is 27.8. The van der Waals surface area contributed by atoms with E-state index in [4.69, 9.17) is 0 Å². The van der Waals surface area contributed by atoms with Gasteiger partial charge in [-0.3, -0.25) is 0 Å². The van der Waals surface area contributed by atoms with Gasteiger partial charge in [0.05, 0.1) is 22.4 Å². The molecule has 0 aliphatic rings. The third-order valence-electron chi connectivity index (χ3n) is 10.8. The van der Waals surface area contributed by atoms with Crippen molar-refractivity contribution in [3.05, 3.63) is 231 Å². The van der Waals surface area contributed by atoms with Crippen molar-refractivity contribution in [2.24, 2.45) is 0 Å². The van der Waals surface area contributed by atoms with E-state index in [-0.39, 0.29) is 0 Å². The first-order valence-corrected chi connectivity index (χ1v) is 19.2. The van der Waals surface area contributed by atoms with Crippen LogP contribution >= 0.6 is 0 Å². The van der Waals surface area contributed by atoms with Crippen LogP contribution in [0.3, 0.4) is 0 Å². The number of aromatic nitrogens is 1. The van der Waals surface area contributed by atoms with Gasteiger partial charge in [0.2, 0.25) is 0 Å². The summed E-state index contributed by atoms with van der Waals surface area (Å²) in [4.78, 5) is 2.42. The smallest absolute Gasteiger partial charge is 0.0547 e. The molecular formula is C54H38N2. The molecule has 2 heteroatoms. The van der Waals surface area contributed by atoms with Gasteiger partial charge in [0.15, 0.2) is 0 Å². The highest BCUT2D eigenvalue weighted by atomic mass is 15.1. The summed E-state index contributed by atoms with van der Waals surface area (Å²) in [5, 5.41) is 2.50. The summed E-state index contributed by atoms with van der Waals surface area (Å²) in [6.45, 7) is 0. The first-order valence-electron chi connectivity index (χ1n) is 19.2. The van der Waals surface area contributed by atoms with E-state index < -0.39 is 0 Å². The Balaban J connectivity index is 1.15. The Hall–Kier alpha value is -7.42. The van der Waals surface area contributed by atoms with Gasteiger partial charge in [0, 0.05) is 33.3 Å². The second-order valence-electron chi connectivity index (χ2n) is 14.1. The van der Waals surface area contributed by atoms with Crippen molar-refractivity contribution in [3.8, 4) is 50.2 Å². The fourth-order valence-electron chi connectivity index (χ4n) is 8.25. The Kier molecular flexibility index (Phi) is 8.55. The Morgan fingerprint density at radius 2 is 0.768 bits per heavy atom. The maximum Gasteiger partial charge on any atom is 0.0547 e. The monoisotopic (exact) mass is 714 g/mol. The average Bonchev–Trinajstić information content (AvgIpc) is 3.63. The Labute approximate surface area is 327 Å². The quantitative estimate of drug-likeness (QED) is 0.152.